The molecule has 0 aromatic carbocycles. The van der Waals surface area contributed by atoms with Crippen LogP contribution in [-0.4, -0.2) is 21.9 Å². The molecule has 11 heavy (non-hydrogen) atoms. The Hall–Kier alpha value is -0.0800. The average Bonchev–Trinajstić information content (AvgIpc) is 2.43. The third-order valence-electron chi connectivity index (χ3n) is 4.16. The maximum Gasteiger partial charge on any atom is 0.0507 e. The quantitative estimate of drug-likeness (QED) is 0.573. The maximum absolute atomic E-state index is 9.72. The van der Waals surface area contributed by atoms with Crippen LogP contribution < -0.4 is 0 Å². The van der Waals surface area contributed by atoms with Crippen molar-refractivity contribution < 1.29 is 5.21 Å². The van der Waals surface area contributed by atoms with Gasteiger partial charge in [-0.15, -0.1) is 0 Å². The van der Waals surface area contributed by atoms with E-state index in [2.05, 4.69) is 0 Å². The third-order valence-corrected chi connectivity index (χ3v) is 4.16. The Balaban J connectivity index is 1.96. The van der Waals surface area contributed by atoms with Gasteiger partial charge in [-0.05, 0) is 38.0 Å². The number of hydrogen-bond acceptors (Lipinski definition) is 2. The van der Waals surface area contributed by atoms with Gasteiger partial charge >= 0.3 is 0 Å². The van der Waals surface area contributed by atoms with Crippen molar-refractivity contribution in [2.45, 2.75) is 50.1 Å². The summed E-state index contributed by atoms with van der Waals surface area (Å²) in [6.07, 6.45) is 7.82. The first-order chi connectivity index (χ1) is 5.34. The van der Waals surface area contributed by atoms with Gasteiger partial charge in [0, 0.05) is 6.04 Å². The standard InChI is InChI=1S/C9H15NO/c11-10-8-4-2-6-9(10)5-1-3-7(8)9/h7-8,11H,1-6H2. The van der Waals surface area contributed by atoms with Crippen molar-refractivity contribution in [3.05, 3.63) is 0 Å². The second-order valence-corrected chi connectivity index (χ2v) is 4.41. The van der Waals surface area contributed by atoms with E-state index in [1.807, 2.05) is 0 Å². The maximum atomic E-state index is 9.72. The van der Waals surface area contributed by atoms with E-state index in [0.717, 1.165) is 5.92 Å². The summed E-state index contributed by atoms with van der Waals surface area (Å²) in [5.41, 5.74) is 0.281. The van der Waals surface area contributed by atoms with Crippen molar-refractivity contribution in [2.24, 2.45) is 5.92 Å². The van der Waals surface area contributed by atoms with E-state index >= 15 is 0 Å². The molecule has 0 aromatic heterocycles. The highest BCUT2D eigenvalue weighted by Gasteiger charge is 2.63. The van der Waals surface area contributed by atoms with Crippen LogP contribution in [0.2, 0.25) is 0 Å². The van der Waals surface area contributed by atoms with Crippen molar-refractivity contribution in [2.75, 3.05) is 0 Å². The lowest BCUT2D eigenvalue weighted by Crippen LogP contribution is -2.71. The number of fused-ring (bicyclic) bond motifs is 2. The number of nitrogens with zero attached hydrogens (tertiary/aromatic N) is 1. The Morgan fingerprint density at radius 2 is 1.91 bits per heavy atom. The van der Waals surface area contributed by atoms with Crippen LogP contribution in [0.25, 0.3) is 0 Å². The highest BCUT2D eigenvalue weighted by molar-refractivity contribution is 5.15. The molecule has 3 unspecified atom stereocenters. The normalized spacial score (nSPS) is 55.4. The zero-order chi connectivity index (χ0) is 7.47. The van der Waals surface area contributed by atoms with Crippen molar-refractivity contribution in [1.29, 1.82) is 0 Å². The lowest BCUT2D eigenvalue weighted by molar-refractivity contribution is -0.320. The van der Waals surface area contributed by atoms with Crippen LogP contribution in [0.3, 0.4) is 0 Å². The fourth-order valence-electron chi connectivity index (χ4n) is 3.70. The summed E-state index contributed by atoms with van der Waals surface area (Å²) in [5, 5.41) is 11.4. The summed E-state index contributed by atoms with van der Waals surface area (Å²) in [6, 6.07) is 0.547. The van der Waals surface area contributed by atoms with Crippen LogP contribution in [0.1, 0.15) is 38.5 Å². The topological polar surface area (TPSA) is 23.5 Å². The molecule has 2 nitrogen and oxygen atoms in total. The van der Waals surface area contributed by atoms with Gasteiger partial charge in [-0.1, -0.05) is 6.42 Å². The van der Waals surface area contributed by atoms with E-state index in [4.69, 9.17) is 0 Å². The van der Waals surface area contributed by atoms with Gasteiger partial charge in [0.25, 0.3) is 0 Å². The monoisotopic (exact) mass is 153 g/mol. The zero-order valence-corrected chi connectivity index (χ0v) is 6.79. The molecule has 1 N–H and O–H groups in total. The number of piperidine rings is 1. The lowest BCUT2D eigenvalue weighted by atomic mass is 9.63. The molecular formula is C9H15NO. The lowest BCUT2D eigenvalue weighted by Gasteiger charge is -2.62. The average molecular weight is 153 g/mol. The molecular weight excluding hydrogens is 138 g/mol. The molecule has 0 aromatic rings. The van der Waals surface area contributed by atoms with Crippen molar-refractivity contribution in [3.63, 3.8) is 0 Å². The van der Waals surface area contributed by atoms with Crippen LogP contribution >= 0.6 is 0 Å². The summed E-state index contributed by atoms with van der Waals surface area (Å²) in [6.45, 7) is 0. The molecule has 0 amide bonds. The Bertz CT molecular complexity index is 194. The number of hydroxylamine groups is 2. The van der Waals surface area contributed by atoms with Crippen LogP contribution in [0.4, 0.5) is 0 Å². The van der Waals surface area contributed by atoms with Crippen molar-refractivity contribution >= 4 is 0 Å². The highest BCUT2D eigenvalue weighted by atomic mass is 16.5. The largest absolute Gasteiger partial charge is 0.313 e. The molecule has 0 radical (unpaired) electrons. The molecule has 2 aliphatic heterocycles. The van der Waals surface area contributed by atoms with Crippen LogP contribution in [0, 0.1) is 5.92 Å². The minimum atomic E-state index is 0.281. The fourth-order valence-corrected chi connectivity index (χ4v) is 3.70. The smallest absolute Gasteiger partial charge is 0.0507 e. The molecule has 3 fully saturated rings. The van der Waals surface area contributed by atoms with Gasteiger partial charge in [-0.3, -0.25) is 0 Å². The first-order valence-electron chi connectivity index (χ1n) is 4.83. The van der Waals surface area contributed by atoms with Gasteiger partial charge in [0.15, 0.2) is 0 Å². The van der Waals surface area contributed by atoms with Gasteiger partial charge in [0.05, 0.1) is 5.54 Å². The Morgan fingerprint density at radius 1 is 1.18 bits per heavy atom. The molecule has 62 valence electrons. The molecule has 1 aliphatic carbocycles. The zero-order valence-electron chi connectivity index (χ0n) is 6.79. The third kappa shape index (κ3) is 0.541. The summed E-state index contributed by atoms with van der Waals surface area (Å²) in [5.74, 6) is 0.862. The van der Waals surface area contributed by atoms with E-state index in [0.29, 0.717) is 6.04 Å². The fraction of sp³-hybridized carbons (Fsp3) is 1.00. The Labute approximate surface area is 67.1 Å². The van der Waals surface area contributed by atoms with Crippen LogP contribution in [0.15, 0.2) is 0 Å². The van der Waals surface area contributed by atoms with E-state index < -0.39 is 0 Å². The first kappa shape index (κ1) is 6.44. The van der Waals surface area contributed by atoms with E-state index in [-0.39, 0.29) is 5.54 Å². The van der Waals surface area contributed by atoms with Gasteiger partial charge in [0.1, 0.15) is 0 Å². The van der Waals surface area contributed by atoms with Gasteiger partial charge in [0.2, 0.25) is 0 Å². The van der Waals surface area contributed by atoms with Gasteiger partial charge in [-0.25, -0.2) is 0 Å². The Morgan fingerprint density at radius 3 is 2.55 bits per heavy atom. The van der Waals surface area contributed by atoms with Gasteiger partial charge in [-0.2, -0.15) is 5.06 Å². The molecule has 3 atom stereocenters. The van der Waals surface area contributed by atoms with Gasteiger partial charge < -0.3 is 5.21 Å². The first-order valence-corrected chi connectivity index (χ1v) is 4.83. The molecule has 1 saturated carbocycles. The molecule has 2 bridgehead atoms. The highest BCUT2D eigenvalue weighted by Crippen LogP contribution is 2.58. The minimum Gasteiger partial charge on any atom is -0.313 e. The van der Waals surface area contributed by atoms with E-state index in [1.54, 1.807) is 5.06 Å². The number of hydrogen-bond donors (Lipinski definition) is 1. The second-order valence-electron chi connectivity index (χ2n) is 4.41. The second kappa shape index (κ2) is 1.80. The molecule has 2 heterocycles. The summed E-state index contributed by atoms with van der Waals surface area (Å²) in [7, 11) is 0. The van der Waals surface area contributed by atoms with E-state index in [9.17, 15) is 5.21 Å². The van der Waals surface area contributed by atoms with Crippen molar-refractivity contribution in [3.8, 4) is 0 Å². The molecule has 1 spiro atoms. The Kier molecular flexibility index (Phi) is 1.06. The summed E-state index contributed by atoms with van der Waals surface area (Å²) in [4.78, 5) is 0. The molecule has 2 heteroatoms. The van der Waals surface area contributed by atoms with E-state index in [1.165, 1.54) is 38.5 Å². The van der Waals surface area contributed by atoms with Crippen molar-refractivity contribution in [1.82, 2.24) is 5.06 Å². The van der Waals surface area contributed by atoms with Crippen LogP contribution in [0.5, 0.6) is 0 Å². The number of rotatable bonds is 0. The molecule has 3 aliphatic rings. The summed E-state index contributed by atoms with van der Waals surface area (Å²) >= 11 is 0. The molecule has 2 saturated heterocycles. The predicted octanol–water partition coefficient (Wildman–Crippen LogP) is 1.78. The summed E-state index contributed by atoms with van der Waals surface area (Å²) < 4.78 is 0. The molecule has 3 rings (SSSR count). The SMILES string of the molecule is ON1C2CCCC13CCCC23. The van der Waals surface area contributed by atoms with Crippen LogP contribution in [-0.2, 0) is 0 Å². The minimum absolute atomic E-state index is 0.281. The predicted molar refractivity (Wildman–Crippen MR) is 41.3 cm³/mol.